The molecule has 1 aromatic heterocycles. The first kappa shape index (κ1) is 17.0. The number of carbonyl (C=O) groups is 2. The van der Waals surface area contributed by atoms with E-state index in [1.165, 1.54) is 7.05 Å². The summed E-state index contributed by atoms with van der Waals surface area (Å²) in [6, 6.07) is 6.45. The van der Waals surface area contributed by atoms with Gasteiger partial charge in [-0.15, -0.1) is 0 Å². The van der Waals surface area contributed by atoms with Crippen LogP contribution in [0.2, 0.25) is 0 Å². The standard InChI is InChI=1S/C16H15F3N4O2/c1-22-9-12(14(21-22)16(17,18)19)15(25)20-10-4-2-5-11(8-10)23-7-3-6-13(23)24/h2,4-5,8-9H,3,6-7H2,1H3,(H,20,25). The number of nitrogens with one attached hydrogen (secondary N) is 1. The van der Waals surface area contributed by atoms with Gasteiger partial charge in [0.2, 0.25) is 5.91 Å². The van der Waals surface area contributed by atoms with E-state index in [9.17, 15) is 22.8 Å². The second-order valence-corrected chi connectivity index (χ2v) is 5.72. The third kappa shape index (κ3) is 3.49. The highest BCUT2D eigenvalue weighted by Crippen LogP contribution is 2.31. The number of rotatable bonds is 3. The van der Waals surface area contributed by atoms with Gasteiger partial charge < -0.3 is 10.2 Å². The van der Waals surface area contributed by atoms with Crippen molar-refractivity contribution in [3.05, 3.63) is 41.7 Å². The van der Waals surface area contributed by atoms with Crippen LogP contribution in [0.5, 0.6) is 0 Å². The van der Waals surface area contributed by atoms with Gasteiger partial charge in [0.15, 0.2) is 5.69 Å². The van der Waals surface area contributed by atoms with Gasteiger partial charge in [0.1, 0.15) is 0 Å². The Hall–Kier alpha value is -2.84. The van der Waals surface area contributed by atoms with E-state index in [0.717, 1.165) is 17.3 Å². The van der Waals surface area contributed by atoms with Gasteiger partial charge in [0.05, 0.1) is 5.56 Å². The van der Waals surface area contributed by atoms with E-state index in [1.807, 2.05) is 0 Å². The van der Waals surface area contributed by atoms with Crippen LogP contribution >= 0.6 is 0 Å². The van der Waals surface area contributed by atoms with Crippen LogP contribution in [0.15, 0.2) is 30.5 Å². The first-order valence-electron chi connectivity index (χ1n) is 7.58. The number of nitrogens with zero attached hydrogens (tertiary/aromatic N) is 3. The molecule has 1 saturated heterocycles. The van der Waals surface area contributed by atoms with Gasteiger partial charge in [-0.05, 0) is 24.6 Å². The summed E-state index contributed by atoms with van der Waals surface area (Å²) in [5, 5.41) is 5.75. The maximum atomic E-state index is 13.0. The average Bonchev–Trinajstić information content (AvgIpc) is 3.13. The summed E-state index contributed by atoms with van der Waals surface area (Å²) < 4.78 is 39.9. The van der Waals surface area contributed by atoms with Crippen LogP contribution in [-0.2, 0) is 18.0 Å². The molecule has 0 radical (unpaired) electrons. The second kappa shape index (κ2) is 6.23. The SMILES string of the molecule is Cn1cc(C(=O)Nc2cccc(N3CCCC3=O)c2)c(C(F)(F)F)n1. The Morgan fingerprint density at radius 3 is 2.72 bits per heavy atom. The molecule has 1 aliphatic heterocycles. The van der Waals surface area contributed by atoms with Crippen molar-refractivity contribution >= 4 is 23.2 Å². The summed E-state index contributed by atoms with van der Waals surface area (Å²) in [7, 11) is 1.31. The van der Waals surface area contributed by atoms with Gasteiger partial charge >= 0.3 is 6.18 Å². The van der Waals surface area contributed by atoms with E-state index in [0.29, 0.717) is 24.3 Å². The Labute approximate surface area is 141 Å². The van der Waals surface area contributed by atoms with Crippen molar-refractivity contribution in [1.29, 1.82) is 0 Å². The Kier molecular flexibility index (Phi) is 4.23. The van der Waals surface area contributed by atoms with Crippen LogP contribution in [-0.4, -0.2) is 28.1 Å². The molecule has 1 N–H and O–H groups in total. The van der Waals surface area contributed by atoms with Crippen LogP contribution < -0.4 is 10.2 Å². The molecule has 132 valence electrons. The number of aromatic nitrogens is 2. The van der Waals surface area contributed by atoms with Crippen LogP contribution in [0.4, 0.5) is 24.5 Å². The molecule has 6 nitrogen and oxygen atoms in total. The Morgan fingerprint density at radius 2 is 2.08 bits per heavy atom. The van der Waals surface area contributed by atoms with E-state index in [-0.39, 0.29) is 5.91 Å². The molecule has 3 rings (SSSR count). The van der Waals surface area contributed by atoms with Crippen LogP contribution in [0, 0.1) is 0 Å². The molecule has 25 heavy (non-hydrogen) atoms. The summed E-state index contributed by atoms with van der Waals surface area (Å²) >= 11 is 0. The number of carbonyl (C=O) groups excluding carboxylic acids is 2. The van der Waals surface area contributed by atoms with E-state index < -0.39 is 23.3 Å². The minimum atomic E-state index is -4.72. The van der Waals surface area contributed by atoms with E-state index in [1.54, 1.807) is 29.2 Å². The van der Waals surface area contributed by atoms with Gasteiger partial charge in [0.25, 0.3) is 5.91 Å². The highest BCUT2D eigenvalue weighted by Gasteiger charge is 2.39. The predicted molar refractivity (Wildman–Crippen MR) is 84.2 cm³/mol. The molecule has 0 unspecified atom stereocenters. The van der Waals surface area contributed by atoms with Gasteiger partial charge in [-0.2, -0.15) is 18.3 Å². The van der Waals surface area contributed by atoms with E-state index in [4.69, 9.17) is 0 Å². The number of anilines is 2. The Balaban J connectivity index is 1.84. The lowest BCUT2D eigenvalue weighted by atomic mass is 10.2. The molecule has 0 bridgehead atoms. The first-order valence-corrected chi connectivity index (χ1v) is 7.58. The van der Waals surface area contributed by atoms with Gasteiger partial charge in [-0.1, -0.05) is 6.07 Å². The van der Waals surface area contributed by atoms with Crippen molar-refractivity contribution in [2.75, 3.05) is 16.8 Å². The molecular formula is C16H15F3N4O2. The molecule has 2 aromatic rings. The fourth-order valence-corrected chi connectivity index (χ4v) is 2.74. The first-order chi connectivity index (χ1) is 11.8. The summed E-state index contributed by atoms with van der Waals surface area (Å²) in [6.07, 6.45) is -2.50. The number of aryl methyl sites for hydroxylation is 1. The molecule has 9 heteroatoms. The molecule has 2 amide bonds. The van der Waals surface area contributed by atoms with Crippen LogP contribution in [0.1, 0.15) is 28.9 Å². The Morgan fingerprint density at radius 1 is 1.32 bits per heavy atom. The predicted octanol–water partition coefficient (Wildman–Crippen LogP) is 2.82. The van der Waals surface area contributed by atoms with Crippen LogP contribution in [0.25, 0.3) is 0 Å². The van der Waals surface area contributed by atoms with Crippen molar-refractivity contribution in [2.24, 2.45) is 7.05 Å². The smallest absolute Gasteiger partial charge is 0.322 e. The monoisotopic (exact) mass is 352 g/mol. The molecule has 1 aromatic carbocycles. The van der Waals surface area contributed by atoms with Crippen molar-refractivity contribution in [1.82, 2.24) is 9.78 Å². The number of hydrogen-bond acceptors (Lipinski definition) is 3. The number of hydrogen-bond donors (Lipinski definition) is 1. The number of halogens is 3. The quantitative estimate of drug-likeness (QED) is 0.924. The lowest BCUT2D eigenvalue weighted by Crippen LogP contribution is -2.24. The van der Waals surface area contributed by atoms with Crippen molar-refractivity contribution in [3.8, 4) is 0 Å². The molecular weight excluding hydrogens is 337 g/mol. The lowest BCUT2D eigenvalue weighted by Gasteiger charge is -2.16. The molecule has 1 aliphatic rings. The molecule has 0 spiro atoms. The normalized spacial score (nSPS) is 14.9. The van der Waals surface area contributed by atoms with E-state index in [2.05, 4.69) is 10.4 Å². The molecule has 0 saturated carbocycles. The van der Waals surface area contributed by atoms with Crippen molar-refractivity contribution in [3.63, 3.8) is 0 Å². The minimum Gasteiger partial charge on any atom is -0.322 e. The number of benzene rings is 1. The van der Waals surface area contributed by atoms with Gasteiger partial charge in [0, 0.05) is 37.6 Å². The molecule has 0 atom stereocenters. The van der Waals surface area contributed by atoms with E-state index >= 15 is 0 Å². The zero-order valence-electron chi connectivity index (χ0n) is 13.3. The fraction of sp³-hybridized carbons (Fsp3) is 0.312. The zero-order valence-corrected chi connectivity index (χ0v) is 13.3. The maximum Gasteiger partial charge on any atom is 0.435 e. The Bertz CT molecular complexity index is 829. The van der Waals surface area contributed by atoms with Gasteiger partial charge in [-0.25, -0.2) is 0 Å². The highest BCUT2D eigenvalue weighted by molar-refractivity contribution is 6.05. The van der Waals surface area contributed by atoms with Crippen molar-refractivity contribution < 1.29 is 22.8 Å². The summed E-state index contributed by atoms with van der Waals surface area (Å²) in [6.45, 7) is 0.580. The summed E-state index contributed by atoms with van der Waals surface area (Å²) in [4.78, 5) is 25.6. The summed E-state index contributed by atoms with van der Waals surface area (Å²) in [5.41, 5.74) is -0.891. The van der Waals surface area contributed by atoms with Crippen molar-refractivity contribution in [2.45, 2.75) is 19.0 Å². The second-order valence-electron chi connectivity index (χ2n) is 5.72. The molecule has 2 heterocycles. The fourth-order valence-electron chi connectivity index (χ4n) is 2.74. The zero-order chi connectivity index (χ0) is 18.2. The lowest BCUT2D eigenvalue weighted by molar-refractivity contribution is -0.141. The number of alkyl halides is 3. The van der Waals surface area contributed by atoms with Crippen LogP contribution in [0.3, 0.4) is 0 Å². The number of amides is 2. The summed E-state index contributed by atoms with van der Waals surface area (Å²) in [5.74, 6) is -0.930. The third-order valence-electron chi connectivity index (χ3n) is 3.83. The largest absolute Gasteiger partial charge is 0.435 e. The minimum absolute atomic E-state index is 0.0184. The molecule has 0 aliphatic carbocycles. The average molecular weight is 352 g/mol. The maximum absolute atomic E-state index is 13.0. The topological polar surface area (TPSA) is 67.2 Å². The molecule has 1 fully saturated rings. The highest BCUT2D eigenvalue weighted by atomic mass is 19.4. The third-order valence-corrected chi connectivity index (χ3v) is 3.83. The van der Waals surface area contributed by atoms with Gasteiger partial charge in [-0.3, -0.25) is 14.3 Å².